The summed E-state index contributed by atoms with van der Waals surface area (Å²) >= 11 is 0. The van der Waals surface area contributed by atoms with Crippen LogP contribution in [0.2, 0.25) is 0 Å². The van der Waals surface area contributed by atoms with Gasteiger partial charge in [0.2, 0.25) is 0 Å². The fraction of sp³-hybridized carbons (Fsp3) is 0.286. The molecule has 5 nitrogen and oxygen atoms in total. The third kappa shape index (κ3) is 2.28. The number of hydrogen-bond acceptors (Lipinski definition) is 4. The van der Waals surface area contributed by atoms with Gasteiger partial charge in [-0.05, 0) is 5.56 Å². The Morgan fingerprint density at radius 1 is 1.58 bits per heavy atom. The van der Waals surface area contributed by atoms with E-state index < -0.39 is 12.0 Å². The van der Waals surface area contributed by atoms with Gasteiger partial charge in [0.15, 0.2) is 0 Å². The zero-order valence-electron chi connectivity index (χ0n) is 6.34. The largest absolute Gasteiger partial charge is 0.480 e. The van der Waals surface area contributed by atoms with Crippen molar-refractivity contribution in [2.45, 2.75) is 12.5 Å². The highest BCUT2D eigenvalue weighted by Crippen LogP contribution is 1.97. The highest BCUT2D eigenvalue weighted by atomic mass is 16.4. The minimum Gasteiger partial charge on any atom is -0.480 e. The summed E-state index contributed by atoms with van der Waals surface area (Å²) in [5, 5.41) is 8.48. The van der Waals surface area contributed by atoms with Gasteiger partial charge in [0.25, 0.3) is 0 Å². The van der Waals surface area contributed by atoms with Crippen molar-refractivity contribution in [2.24, 2.45) is 5.73 Å². The van der Waals surface area contributed by atoms with Crippen LogP contribution in [-0.4, -0.2) is 27.1 Å². The van der Waals surface area contributed by atoms with Gasteiger partial charge in [-0.1, -0.05) is 0 Å². The molecule has 0 amide bonds. The quantitative estimate of drug-likeness (QED) is 0.629. The molecule has 3 N–H and O–H groups in total. The molecule has 64 valence electrons. The van der Waals surface area contributed by atoms with Crippen molar-refractivity contribution < 1.29 is 9.90 Å². The number of rotatable bonds is 3. The summed E-state index contributed by atoms with van der Waals surface area (Å²) in [7, 11) is 0. The van der Waals surface area contributed by atoms with Crippen molar-refractivity contribution in [3.63, 3.8) is 0 Å². The number of aliphatic carboxylic acids is 1. The van der Waals surface area contributed by atoms with Crippen LogP contribution < -0.4 is 5.73 Å². The maximum absolute atomic E-state index is 10.3. The van der Waals surface area contributed by atoms with E-state index in [4.69, 9.17) is 10.8 Å². The topological polar surface area (TPSA) is 89.1 Å². The Balaban J connectivity index is 2.58. The van der Waals surface area contributed by atoms with Crippen LogP contribution >= 0.6 is 0 Å². The zero-order valence-corrected chi connectivity index (χ0v) is 6.34. The Kier molecular flexibility index (Phi) is 2.71. The number of carboxylic acids is 1. The van der Waals surface area contributed by atoms with E-state index in [1.165, 1.54) is 6.33 Å². The molecule has 0 fully saturated rings. The van der Waals surface area contributed by atoms with E-state index in [2.05, 4.69) is 9.97 Å². The van der Waals surface area contributed by atoms with Gasteiger partial charge in [-0.25, -0.2) is 9.97 Å². The lowest BCUT2D eigenvalue weighted by molar-refractivity contribution is -0.138. The molecule has 5 heteroatoms. The van der Waals surface area contributed by atoms with Crippen molar-refractivity contribution >= 4 is 5.97 Å². The molecule has 1 aromatic heterocycles. The third-order valence-electron chi connectivity index (χ3n) is 1.39. The molecule has 0 aliphatic carbocycles. The van der Waals surface area contributed by atoms with E-state index in [0.29, 0.717) is 0 Å². The molecular weight excluding hydrogens is 158 g/mol. The standard InChI is InChI=1S/C7H9N3O2/c8-6(7(11)12)1-5-2-9-4-10-3-5/h2-4,6H,1,8H2,(H,11,12)/t6-/m1/s1. The average molecular weight is 167 g/mol. The SMILES string of the molecule is N[C@H](Cc1cncnc1)C(=O)O. The predicted molar refractivity (Wildman–Crippen MR) is 41.3 cm³/mol. The molecule has 0 aliphatic heterocycles. The van der Waals surface area contributed by atoms with Gasteiger partial charge in [0, 0.05) is 18.8 Å². The van der Waals surface area contributed by atoms with Crippen LogP contribution in [0.25, 0.3) is 0 Å². The third-order valence-corrected chi connectivity index (χ3v) is 1.39. The van der Waals surface area contributed by atoms with Crippen molar-refractivity contribution in [3.05, 3.63) is 24.3 Å². The summed E-state index contributed by atoms with van der Waals surface area (Å²) in [6, 6.07) is -0.879. The van der Waals surface area contributed by atoms with Crippen molar-refractivity contribution in [1.82, 2.24) is 9.97 Å². The zero-order chi connectivity index (χ0) is 8.97. The van der Waals surface area contributed by atoms with Crippen LogP contribution in [-0.2, 0) is 11.2 Å². The van der Waals surface area contributed by atoms with E-state index >= 15 is 0 Å². The van der Waals surface area contributed by atoms with Crippen LogP contribution in [0.4, 0.5) is 0 Å². The monoisotopic (exact) mass is 167 g/mol. The second-order valence-electron chi connectivity index (χ2n) is 2.40. The summed E-state index contributed by atoms with van der Waals surface area (Å²) in [5.41, 5.74) is 6.02. The highest BCUT2D eigenvalue weighted by molar-refractivity contribution is 5.73. The molecule has 1 aromatic rings. The molecule has 0 aromatic carbocycles. The Morgan fingerprint density at radius 2 is 2.17 bits per heavy atom. The molecule has 0 radical (unpaired) electrons. The molecule has 0 saturated carbocycles. The summed E-state index contributed by atoms with van der Waals surface area (Å²) in [6.45, 7) is 0. The summed E-state index contributed by atoms with van der Waals surface area (Å²) in [6.07, 6.45) is 4.75. The van der Waals surface area contributed by atoms with Gasteiger partial charge in [-0.3, -0.25) is 4.79 Å². The Bertz CT molecular complexity index is 263. The van der Waals surface area contributed by atoms with Crippen LogP contribution in [0, 0.1) is 0 Å². The first kappa shape index (κ1) is 8.61. The fourth-order valence-corrected chi connectivity index (χ4v) is 0.777. The number of nitrogens with zero attached hydrogens (tertiary/aromatic N) is 2. The Labute approximate surface area is 69.3 Å². The Hall–Kier alpha value is -1.49. The molecule has 1 rings (SSSR count). The number of nitrogens with two attached hydrogens (primary N) is 1. The predicted octanol–water partition coefficient (Wildman–Crippen LogP) is -0.569. The van der Waals surface area contributed by atoms with Gasteiger partial charge >= 0.3 is 5.97 Å². The van der Waals surface area contributed by atoms with E-state index in [-0.39, 0.29) is 6.42 Å². The van der Waals surface area contributed by atoms with Crippen LogP contribution in [0.5, 0.6) is 0 Å². The summed E-state index contributed by atoms with van der Waals surface area (Å²) in [4.78, 5) is 17.8. The van der Waals surface area contributed by atoms with Crippen molar-refractivity contribution in [1.29, 1.82) is 0 Å². The first-order valence-corrected chi connectivity index (χ1v) is 3.42. The number of carboxylic acid groups (broad SMARTS) is 1. The maximum atomic E-state index is 10.3. The van der Waals surface area contributed by atoms with Crippen LogP contribution in [0.1, 0.15) is 5.56 Å². The molecule has 1 heterocycles. The molecule has 0 spiro atoms. The van der Waals surface area contributed by atoms with E-state index in [1.807, 2.05) is 0 Å². The van der Waals surface area contributed by atoms with Crippen molar-refractivity contribution in [2.75, 3.05) is 0 Å². The lowest BCUT2D eigenvalue weighted by Crippen LogP contribution is -2.32. The molecular formula is C7H9N3O2. The number of aromatic nitrogens is 2. The maximum Gasteiger partial charge on any atom is 0.320 e. The van der Waals surface area contributed by atoms with Gasteiger partial charge in [-0.15, -0.1) is 0 Å². The normalized spacial score (nSPS) is 12.4. The molecule has 12 heavy (non-hydrogen) atoms. The van der Waals surface area contributed by atoms with Crippen molar-refractivity contribution in [3.8, 4) is 0 Å². The number of hydrogen-bond donors (Lipinski definition) is 2. The first-order chi connectivity index (χ1) is 5.70. The summed E-state index contributed by atoms with van der Waals surface area (Å²) in [5.74, 6) is -1.01. The molecule has 0 aliphatic rings. The van der Waals surface area contributed by atoms with Crippen LogP contribution in [0.3, 0.4) is 0 Å². The Morgan fingerprint density at radius 3 is 2.67 bits per heavy atom. The summed E-state index contributed by atoms with van der Waals surface area (Å²) < 4.78 is 0. The van der Waals surface area contributed by atoms with E-state index in [9.17, 15) is 4.79 Å². The lowest BCUT2D eigenvalue weighted by Gasteiger charge is -2.03. The smallest absolute Gasteiger partial charge is 0.320 e. The second kappa shape index (κ2) is 3.77. The minimum atomic E-state index is -1.01. The highest BCUT2D eigenvalue weighted by Gasteiger charge is 2.11. The molecule has 0 bridgehead atoms. The van der Waals surface area contributed by atoms with E-state index in [1.54, 1.807) is 12.4 Å². The van der Waals surface area contributed by atoms with E-state index in [0.717, 1.165) is 5.56 Å². The molecule has 1 atom stereocenters. The lowest BCUT2D eigenvalue weighted by atomic mass is 10.1. The number of carbonyl (C=O) groups is 1. The molecule has 0 saturated heterocycles. The average Bonchev–Trinajstić information content (AvgIpc) is 2.06. The second-order valence-corrected chi connectivity index (χ2v) is 2.40. The van der Waals surface area contributed by atoms with Gasteiger partial charge < -0.3 is 10.8 Å². The fourth-order valence-electron chi connectivity index (χ4n) is 0.777. The minimum absolute atomic E-state index is 0.260. The van der Waals surface area contributed by atoms with Gasteiger partial charge in [-0.2, -0.15) is 0 Å². The molecule has 0 unspecified atom stereocenters. The van der Waals surface area contributed by atoms with Gasteiger partial charge in [0.1, 0.15) is 12.4 Å². The van der Waals surface area contributed by atoms with Crippen LogP contribution in [0.15, 0.2) is 18.7 Å². The van der Waals surface area contributed by atoms with Gasteiger partial charge in [0.05, 0.1) is 0 Å². The first-order valence-electron chi connectivity index (χ1n) is 3.42.